The quantitative estimate of drug-likeness (QED) is 0.772. The fourth-order valence-corrected chi connectivity index (χ4v) is 4.40. The van der Waals surface area contributed by atoms with Crippen molar-refractivity contribution in [3.63, 3.8) is 0 Å². The Morgan fingerprint density at radius 2 is 1.39 bits per heavy atom. The van der Waals surface area contributed by atoms with Crippen LogP contribution in [0.1, 0.15) is 37.4 Å². The molecule has 1 aliphatic heterocycles. The Hall–Kier alpha value is -0.940. The van der Waals surface area contributed by atoms with Crippen LogP contribution in [0.5, 0.6) is 0 Å². The van der Waals surface area contributed by atoms with Crippen molar-refractivity contribution in [1.82, 2.24) is 9.80 Å². The summed E-state index contributed by atoms with van der Waals surface area (Å²) in [5.74, 6) is 0. The van der Waals surface area contributed by atoms with Crippen LogP contribution in [0.25, 0.3) is 0 Å². The second-order valence-corrected chi connectivity index (χ2v) is 6.66. The highest BCUT2D eigenvalue weighted by atomic mass is 16.5. The Morgan fingerprint density at radius 3 is 1.87 bits per heavy atom. The lowest BCUT2D eigenvalue weighted by Crippen LogP contribution is -2.41. The number of hydrogen-bond acceptors (Lipinski definition) is 4. The molecule has 4 heteroatoms. The largest absolute Gasteiger partial charge is 0.383 e. The Morgan fingerprint density at radius 1 is 0.870 bits per heavy atom. The van der Waals surface area contributed by atoms with Crippen LogP contribution in [-0.2, 0) is 9.47 Å². The Labute approximate surface area is 140 Å². The van der Waals surface area contributed by atoms with Crippen LogP contribution >= 0.6 is 0 Å². The first kappa shape index (κ1) is 16.9. The third kappa shape index (κ3) is 3.61. The number of hydrogen-bond donors (Lipinski definition) is 0. The fraction of sp³-hybridized carbons (Fsp3) is 0.684. The van der Waals surface area contributed by atoms with Gasteiger partial charge < -0.3 is 9.47 Å². The summed E-state index contributed by atoms with van der Waals surface area (Å²) < 4.78 is 10.8. The Kier molecular flexibility index (Phi) is 6.06. The average molecular weight is 318 g/mol. The van der Waals surface area contributed by atoms with E-state index >= 15 is 0 Å². The first-order chi connectivity index (χ1) is 11.4. The van der Waals surface area contributed by atoms with Gasteiger partial charge in [0, 0.05) is 39.4 Å². The van der Waals surface area contributed by atoms with Gasteiger partial charge in [0.1, 0.15) is 0 Å². The molecule has 0 radical (unpaired) electrons. The molecule has 2 aliphatic rings. The van der Waals surface area contributed by atoms with Crippen molar-refractivity contribution < 1.29 is 9.47 Å². The van der Waals surface area contributed by atoms with Gasteiger partial charge in [-0.15, -0.1) is 0 Å². The molecule has 0 aromatic heterocycles. The van der Waals surface area contributed by atoms with E-state index in [0.29, 0.717) is 18.2 Å². The van der Waals surface area contributed by atoms with Crippen LogP contribution in [0.2, 0.25) is 0 Å². The molecule has 1 saturated heterocycles. The van der Waals surface area contributed by atoms with Gasteiger partial charge in [-0.05, 0) is 18.4 Å². The topological polar surface area (TPSA) is 24.9 Å². The van der Waals surface area contributed by atoms with E-state index < -0.39 is 0 Å². The van der Waals surface area contributed by atoms with Gasteiger partial charge in [0.25, 0.3) is 0 Å². The number of fused-ring (bicyclic) bond motifs is 1. The lowest BCUT2D eigenvalue weighted by molar-refractivity contribution is 0.0641. The van der Waals surface area contributed by atoms with Gasteiger partial charge in [-0.1, -0.05) is 43.2 Å². The van der Waals surface area contributed by atoms with Crippen LogP contribution in [0.3, 0.4) is 0 Å². The van der Waals surface area contributed by atoms with E-state index in [0.717, 1.165) is 26.3 Å². The summed E-state index contributed by atoms with van der Waals surface area (Å²) in [6, 6.07) is 12.2. The highest BCUT2D eigenvalue weighted by Gasteiger charge is 2.47. The number of methoxy groups -OCH3 is 2. The smallest absolute Gasteiger partial charge is 0.0893 e. The monoisotopic (exact) mass is 318 g/mol. The first-order valence-corrected chi connectivity index (χ1v) is 8.91. The van der Waals surface area contributed by atoms with Crippen molar-refractivity contribution in [1.29, 1.82) is 0 Å². The van der Waals surface area contributed by atoms with E-state index in [-0.39, 0.29) is 0 Å². The number of rotatable bonds is 7. The van der Waals surface area contributed by atoms with Gasteiger partial charge in [-0.25, -0.2) is 0 Å². The van der Waals surface area contributed by atoms with E-state index in [1.165, 1.54) is 31.2 Å². The van der Waals surface area contributed by atoms with Gasteiger partial charge >= 0.3 is 0 Å². The van der Waals surface area contributed by atoms with Crippen LogP contribution in [-0.4, -0.2) is 62.4 Å². The zero-order valence-corrected chi connectivity index (χ0v) is 14.5. The maximum Gasteiger partial charge on any atom is 0.0893 e. The van der Waals surface area contributed by atoms with Gasteiger partial charge in [-0.2, -0.15) is 0 Å². The third-order valence-electron chi connectivity index (χ3n) is 5.38. The van der Waals surface area contributed by atoms with Crippen LogP contribution < -0.4 is 0 Å². The highest BCUT2D eigenvalue weighted by Crippen LogP contribution is 2.43. The summed E-state index contributed by atoms with van der Waals surface area (Å²) in [5.41, 5.74) is 1.40. The third-order valence-corrected chi connectivity index (χ3v) is 5.38. The lowest BCUT2D eigenvalue weighted by Gasteiger charge is -2.32. The van der Waals surface area contributed by atoms with E-state index in [2.05, 4.69) is 40.1 Å². The minimum absolute atomic E-state index is 0.356. The zero-order valence-electron chi connectivity index (χ0n) is 14.5. The predicted octanol–water partition coefficient (Wildman–Crippen LogP) is 2.91. The molecule has 3 rings (SSSR count). The lowest BCUT2D eigenvalue weighted by atomic mass is 9.90. The molecule has 0 unspecified atom stereocenters. The van der Waals surface area contributed by atoms with Crippen molar-refractivity contribution in [2.24, 2.45) is 0 Å². The van der Waals surface area contributed by atoms with E-state index in [9.17, 15) is 0 Å². The molecule has 0 spiro atoms. The Bertz CT molecular complexity index is 444. The molecule has 1 aromatic carbocycles. The van der Waals surface area contributed by atoms with Gasteiger partial charge in [-0.3, -0.25) is 9.80 Å². The SMILES string of the molecule is COCCN1C(c2ccccc2)N(CCOC)[C@@H]2CCCC[C@H]21. The van der Waals surface area contributed by atoms with Crippen LogP contribution in [0.4, 0.5) is 0 Å². The average Bonchev–Trinajstić information content (AvgIpc) is 2.92. The summed E-state index contributed by atoms with van der Waals surface area (Å²) in [6.45, 7) is 3.59. The van der Waals surface area contributed by atoms with E-state index in [4.69, 9.17) is 9.47 Å². The molecular weight excluding hydrogens is 288 g/mol. The van der Waals surface area contributed by atoms with Crippen LogP contribution in [0.15, 0.2) is 30.3 Å². The summed E-state index contributed by atoms with van der Waals surface area (Å²) in [5, 5.41) is 0. The molecule has 1 aromatic rings. The fourth-order valence-electron chi connectivity index (χ4n) is 4.40. The number of benzene rings is 1. The second kappa shape index (κ2) is 8.25. The highest BCUT2D eigenvalue weighted by molar-refractivity contribution is 5.21. The standard InChI is InChI=1S/C19H30N2O2/c1-22-14-12-20-17-10-6-7-11-18(17)21(13-15-23-2)19(20)16-8-4-3-5-9-16/h3-5,8-9,17-19H,6-7,10-15H2,1-2H3/t17-,18-/m1/s1. The van der Waals surface area contributed by atoms with E-state index in [1.807, 2.05) is 0 Å². The maximum absolute atomic E-state index is 5.40. The minimum Gasteiger partial charge on any atom is -0.383 e. The maximum atomic E-state index is 5.40. The van der Waals surface area contributed by atoms with Crippen molar-refractivity contribution in [3.8, 4) is 0 Å². The summed E-state index contributed by atoms with van der Waals surface area (Å²) in [7, 11) is 3.60. The molecule has 23 heavy (non-hydrogen) atoms. The summed E-state index contributed by atoms with van der Waals surface area (Å²) in [6.07, 6.45) is 5.67. The molecule has 128 valence electrons. The zero-order chi connectivity index (χ0) is 16.1. The second-order valence-electron chi connectivity index (χ2n) is 6.66. The Balaban J connectivity index is 1.90. The number of ether oxygens (including phenoxy) is 2. The predicted molar refractivity (Wildman–Crippen MR) is 92.4 cm³/mol. The summed E-state index contributed by atoms with van der Waals surface area (Å²) >= 11 is 0. The number of nitrogens with zero attached hydrogens (tertiary/aromatic N) is 2. The molecule has 4 nitrogen and oxygen atoms in total. The van der Waals surface area contributed by atoms with Gasteiger partial charge in [0.15, 0.2) is 0 Å². The van der Waals surface area contributed by atoms with Crippen molar-refractivity contribution in [2.45, 2.75) is 43.9 Å². The molecule has 1 aliphatic carbocycles. The molecule has 1 saturated carbocycles. The molecular formula is C19H30N2O2. The van der Waals surface area contributed by atoms with E-state index in [1.54, 1.807) is 14.2 Å². The molecule has 0 amide bonds. The van der Waals surface area contributed by atoms with Crippen molar-refractivity contribution in [2.75, 3.05) is 40.5 Å². The van der Waals surface area contributed by atoms with Crippen molar-refractivity contribution in [3.05, 3.63) is 35.9 Å². The normalized spacial score (nSPS) is 26.5. The van der Waals surface area contributed by atoms with Gasteiger partial charge in [0.05, 0.1) is 19.4 Å². The first-order valence-electron chi connectivity index (χ1n) is 8.91. The van der Waals surface area contributed by atoms with Crippen molar-refractivity contribution >= 4 is 0 Å². The van der Waals surface area contributed by atoms with Crippen LogP contribution in [0, 0.1) is 0 Å². The van der Waals surface area contributed by atoms with Gasteiger partial charge in [0.2, 0.25) is 0 Å². The molecule has 2 atom stereocenters. The molecule has 2 fully saturated rings. The molecule has 0 bridgehead atoms. The minimum atomic E-state index is 0.356. The summed E-state index contributed by atoms with van der Waals surface area (Å²) in [4.78, 5) is 5.36. The molecule has 1 heterocycles. The molecule has 0 N–H and O–H groups in total.